The second-order valence-corrected chi connectivity index (χ2v) is 11.8. The minimum atomic E-state index is -0.0829. The number of carbonyl (C=O) groups excluding carboxylic acids is 1. The number of ether oxygens (including phenoxy) is 2. The fourth-order valence-corrected chi connectivity index (χ4v) is 6.06. The minimum absolute atomic E-state index is 0.0829. The summed E-state index contributed by atoms with van der Waals surface area (Å²) in [5.41, 5.74) is 7.23. The Morgan fingerprint density at radius 1 is 0.905 bits per heavy atom. The van der Waals surface area contributed by atoms with Gasteiger partial charge in [0.05, 0.1) is 6.61 Å². The summed E-state index contributed by atoms with van der Waals surface area (Å²) >= 11 is 0. The van der Waals surface area contributed by atoms with Crippen molar-refractivity contribution >= 4 is 23.4 Å². The van der Waals surface area contributed by atoms with Crippen molar-refractivity contribution in [3.8, 4) is 16.9 Å². The van der Waals surface area contributed by atoms with E-state index in [0.29, 0.717) is 19.1 Å². The van der Waals surface area contributed by atoms with Crippen molar-refractivity contribution in [2.24, 2.45) is 0 Å². The number of benzene rings is 3. The van der Waals surface area contributed by atoms with Gasteiger partial charge < -0.3 is 24.6 Å². The molecular formula is C35H42N4O3. The quantitative estimate of drug-likeness (QED) is 0.407. The Kier molecular flexibility index (Phi) is 8.89. The topological polar surface area (TPSA) is 57.3 Å². The van der Waals surface area contributed by atoms with Gasteiger partial charge in [0.1, 0.15) is 5.75 Å². The van der Waals surface area contributed by atoms with Crippen molar-refractivity contribution in [2.45, 2.75) is 31.8 Å². The first-order valence-electron chi connectivity index (χ1n) is 15.2. The van der Waals surface area contributed by atoms with Crippen LogP contribution in [0.25, 0.3) is 17.2 Å². The molecule has 3 aromatic rings. The molecule has 0 radical (unpaired) electrons. The van der Waals surface area contributed by atoms with Gasteiger partial charge in [0, 0.05) is 80.9 Å². The second kappa shape index (κ2) is 13.1. The predicted octanol–water partition coefficient (Wildman–Crippen LogP) is 5.52. The van der Waals surface area contributed by atoms with Crippen molar-refractivity contribution in [3.05, 3.63) is 83.4 Å². The Bertz CT molecular complexity index is 1390. The van der Waals surface area contributed by atoms with Crippen molar-refractivity contribution in [1.82, 2.24) is 9.80 Å². The lowest BCUT2D eigenvalue weighted by Crippen LogP contribution is -2.44. The predicted molar refractivity (Wildman–Crippen MR) is 170 cm³/mol. The van der Waals surface area contributed by atoms with E-state index in [2.05, 4.69) is 82.6 Å². The Morgan fingerprint density at radius 3 is 2.36 bits per heavy atom. The number of anilines is 2. The van der Waals surface area contributed by atoms with Crippen LogP contribution in [-0.4, -0.2) is 81.8 Å². The van der Waals surface area contributed by atoms with Crippen LogP contribution in [0.5, 0.6) is 5.75 Å². The zero-order valence-electron chi connectivity index (χ0n) is 24.9. The van der Waals surface area contributed by atoms with Crippen LogP contribution in [-0.2, 0) is 16.1 Å². The van der Waals surface area contributed by atoms with E-state index >= 15 is 0 Å². The molecule has 0 spiro atoms. The molecule has 1 amide bonds. The highest BCUT2D eigenvalue weighted by Crippen LogP contribution is 2.32. The molecule has 3 heterocycles. The van der Waals surface area contributed by atoms with Crippen LogP contribution < -0.4 is 15.0 Å². The summed E-state index contributed by atoms with van der Waals surface area (Å²) in [4.78, 5) is 20.5. The molecule has 0 saturated carbocycles. The normalized spacial score (nSPS) is 18.2. The fourth-order valence-electron chi connectivity index (χ4n) is 6.06. The third-order valence-corrected chi connectivity index (χ3v) is 8.79. The molecule has 0 bridgehead atoms. The number of fused-ring (bicyclic) bond motifs is 1. The number of nitrogens with one attached hydrogen (secondary N) is 1. The SMILES string of the molecule is CN1CCN(c2ccc(-c3ccc4c(c3)C=C(C(=O)Nc3ccc(CN(C)C5CCOCC5)cc3)CCO4)cc2)CC1. The second-order valence-electron chi connectivity index (χ2n) is 11.8. The zero-order valence-corrected chi connectivity index (χ0v) is 24.9. The number of piperazine rings is 1. The van der Waals surface area contributed by atoms with Gasteiger partial charge in [-0.2, -0.15) is 0 Å². The molecule has 220 valence electrons. The van der Waals surface area contributed by atoms with Gasteiger partial charge in [0.25, 0.3) is 5.91 Å². The van der Waals surface area contributed by atoms with E-state index in [0.717, 1.165) is 92.5 Å². The molecule has 0 unspecified atom stereocenters. The molecule has 42 heavy (non-hydrogen) atoms. The number of amides is 1. The number of hydrogen-bond donors (Lipinski definition) is 1. The molecule has 3 aliphatic rings. The summed E-state index contributed by atoms with van der Waals surface area (Å²) in [6.07, 6.45) is 4.70. The van der Waals surface area contributed by atoms with Crippen molar-refractivity contribution in [2.75, 3.05) is 70.3 Å². The summed E-state index contributed by atoms with van der Waals surface area (Å²) in [5, 5.41) is 3.10. The van der Waals surface area contributed by atoms with E-state index in [9.17, 15) is 4.79 Å². The van der Waals surface area contributed by atoms with Crippen LogP contribution in [0.4, 0.5) is 11.4 Å². The van der Waals surface area contributed by atoms with Crippen LogP contribution in [0.1, 0.15) is 30.4 Å². The molecule has 2 saturated heterocycles. The minimum Gasteiger partial charge on any atom is -0.493 e. The molecule has 0 aliphatic carbocycles. The van der Waals surface area contributed by atoms with E-state index in [4.69, 9.17) is 9.47 Å². The van der Waals surface area contributed by atoms with Gasteiger partial charge in [0.2, 0.25) is 0 Å². The van der Waals surface area contributed by atoms with Crippen molar-refractivity contribution in [1.29, 1.82) is 0 Å². The third kappa shape index (κ3) is 6.86. The molecule has 0 aromatic heterocycles. The molecule has 2 fully saturated rings. The first-order valence-corrected chi connectivity index (χ1v) is 15.2. The maximum Gasteiger partial charge on any atom is 0.251 e. The highest BCUT2D eigenvalue weighted by atomic mass is 16.5. The standard InChI is InChI=1S/C35H42N4O3/c1-37-16-18-39(19-17-37)33-10-5-27(6-11-33)28-7-12-34-30(23-28)24-29(13-22-42-34)35(40)36-31-8-3-26(4-9-31)25-38(2)32-14-20-41-21-15-32/h3-12,23-24,32H,13-22,25H2,1-2H3,(H,36,40). The van der Waals surface area contributed by atoms with Gasteiger partial charge in [-0.15, -0.1) is 0 Å². The summed E-state index contributed by atoms with van der Waals surface area (Å²) < 4.78 is 11.5. The summed E-state index contributed by atoms with van der Waals surface area (Å²) in [5.74, 6) is 0.731. The van der Waals surface area contributed by atoms with Gasteiger partial charge >= 0.3 is 0 Å². The van der Waals surface area contributed by atoms with Crippen LogP contribution >= 0.6 is 0 Å². The summed E-state index contributed by atoms with van der Waals surface area (Å²) in [6, 6.07) is 23.8. The van der Waals surface area contributed by atoms with Crippen LogP contribution in [0.3, 0.4) is 0 Å². The van der Waals surface area contributed by atoms with Crippen LogP contribution in [0.2, 0.25) is 0 Å². The summed E-state index contributed by atoms with van der Waals surface area (Å²) in [7, 11) is 4.36. The lowest BCUT2D eigenvalue weighted by molar-refractivity contribution is -0.113. The Labute approximate surface area is 249 Å². The van der Waals surface area contributed by atoms with Crippen LogP contribution in [0, 0.1) is 0 Å². The maximum absolute atomic E-state index is 13.3. The van der Waals surface area contributed by atoms with E-state index in [1.807, 2.05) is 24.3 Å². The molecular weight excluding hydrogens is 524 g/mol. The molecule has 6 rings (SSSR count). The van der Waals surface area contributed by atoms with E-state index in [1.54, 1.807) is 0 Å². The average Bonchev–Trinajstić information content (AvgIpc) is 3.25. The number of rotatable bonds is 7. The highest BCUT2D eigenvalue weighted by molar-refractivity contribution is 6.07. The number of nitrogens with zero attached hydrogens (tertiary/aromatic N) is 3. The first-order chi connectivity index (χ1) is 20.5. The van der Waals surface area contributed by atoms with Gasteiger partial charge in [-0.25, -0.2) is 0 Å². The molecule has 7 heteroatoms. The Balaban J connectivity index is 1.11. The Hall–Kier alpha value is -3.65. The largest absolute Gasteiger partial charge is 0.493 e. The molecule has 3 aromatic carbocycles. The average molecular weight is 567 g/mol. The number of likely N-dealkylation sites (N-methyl/N-ethyl adjacent to an activating group) is 1. The Morgan fingerprint density at radius 2 is 1.62 bits per heavy atom. The summed E-state index contributed by atoms with van der Waals surface area (Å²) in [6.45, 7) is 7.35. The monoisotopic (exact) mass is 566 g/mol. The van der Waals surface area contributed by atoms with Crippen molar-refractivity contribution in [3.63, 3.8) is 0 Å². The molecule has 3 aliphatic heterocycles. The lowest BCUT2D eigenvalue weighted by Gasteiger charge is -2.34. The van der Waals surface area contributed by atoms with E-state index in [-0.39, 0.29) is 5.91 Å². The van der Waals surface area contributed by atoms with Gasteiger partial charge in [-0.1, -0.05) is 30.3 Å². The van der Waals surface area contributed by atoms with Gasteiger partial charge in [-0.3, -0.25) is 9.69 Å². The number of hydrogen-bond acceptors (Lipinski definition) is 6. The van der Waals surface area contributed by atoms with Crippen LogP contribution in [0.15, 0.2) is 72.3 Å². The lowest BCUT2D eigenvalue weighted by atomic mass is 10.00. The fraction of sp³-hybridized carbons (Fsp3) is 0.400. The highest BCUT2D eigenvalue weighted by Gasteiger charge is 2.20. The first kappa shape index (κ1) is 28.5. The zero-order chi connectivity index (χ0) is 28.9. The smallest absolute Gasteiger partial charge is 0.251 e. The molecule has 7 nitrogen and oxygen atoms in total. The third-order valence-electron chi connectivity index (χ3n) is 8.79. The van der Waals surface area contributed by atoms with E-state index < -0.39 is 0 Å². The molecule has 0 atom stereocenters. The number of carbonyl (C=O) groups is 1. The molecule has 1 N–H and O–H groups in total. The maximum atomic E-state index is 13.3. The van der Waals surface area contributed by atoms with E-state index in [1.165, 1.54) is 11.3 Å². The van der Waals surface area contributed by atoms with Crippen molar-refractivity contribution < 1.29 is 14.3 Å². The van der Waals surface area contributed by atoms with Gasteiger partial charge in [-0.05, 0) is 86.1 Å². The van der Waals surface area contributed by atoms with Gasteiger partial charge in [0.15, 0.2) is 0 Å².